The Labute approximate surface area is 122 Å². The van der Waals surface area contributed by atoms with E-state index < -0.39 is 20.9 Å². The van der Waals surface area contributed by atoms with Crippen LogP contribution in [0.3, 0.4) is 0 Å². The molecule has 0 fully saturated rings. The molecule has 0 unspecified atom stereocenters. The third-order valence-electron chi connectivity index (χ3n) is 3.29. The number of aromatic nitrogens is 1. The average molecular weight is 307 g/mol. The number of hydrogen-bond donors (Lipinski definition) is 1. The Balaban J connectivity index is 2.13. The van der Waals surface area contributed by atoms with Gasteiger partial charge in [-0.2, -0.15) is 8.42 Å². The molecule has 110 valence electrons. The molecular weight excluding hydrogens is 293 g/mol. The van der Waals surface area contributed by atoms with Crippen molar-refractivity contribution in [2.75, 3.05) is 22.7 Å². The van der Waals surface area contributed by atoms with Gasteiger partial charge in [0.1, 0.15) is 0 Å². The van der Waals surface area contributed by atoms with Gasteiger partial charge in [-0.05, 0) is 30.7 Å². The fourth-order valence-electron chi connectivity index (χ4n) is 2.32. The van der Waals surface area contributed by atoms with Crippen molar-refractivity contribution in [2.24, 2.45) is 0 Å². The first kappa shape index (κ1) is 13.8. The lowest BCUT2D eigenvalue weighted by Gasteiger charge is -2.23. The summed E-state index contributed by atoms with van der Waals surface area (Å²) in [7, 11) is -4.02. The first-order chi connectivity index (χ1) is 10.1. The number of hydrogen-bond acceptors (Lipinski definition) is 4. The summed E-state index contributed by atoms with van der Waals surface area (Å²) in [6, 6.07) is 9.55. The second-order valence-electron chi connectivity index (χ2n) is 4.67. The van der Waals surface area contributed by atoms with Gasteiger partial charge in [-0.3, -0.25) is 4.31 Å². The first-order valence-corrected chi connectivity index (χ1v) is 8.01. The Morgan fingerprint density at radius 2 is 2.00 bits per heavy atom. The van der Waals surface area contributed by atoms with Gasteiger partial charge in [-0.1, -0.05) is 12.1 Å². The molecule has 0 saturated carbocycles. The molecule has 7 heteroatoms. The van der Waals surface area contributed by atoms with Crippen LogP contribution in [0.1, 0.15) is 6.42 Å². The molecule has 5 nitrogen and oxygen atoms in total. The van der Waals surface area contributed by atoms with Crippen molar-refractivity contribution in [3.8, 4) is 0 Å². The van der Waals surface area contributed by atoms with E-state index in [2.05, 4.69) is 10.3 Å². The molecule has 1 aromatic heterocycles. The molecule has 2 heterocycles. The monoisotopic (exact) mass is 307 g/mol. The summed E-state index contributed by atoms with van der Waals surface area (Å²) in [4.78, 5) is 3.70. The van der Waals surface area contributed by atoms with Crippen molar-refractivity contribution in [3.63, 3.8) is 0 Å². The van der Waals surface area contributed by atoms with Gasteiger partial charge in [0.2, 0.25) is 5.03 Å². The highest BCUT2D eigenvalue weighted by Gasteiger charge is 2.31. The van der Waals surface area contributed by atoms with E-state index in [-0.39, 0.29) is 6.54 Å². The van der Waals surface area contributed by atoms with E-state index in [4.69, 9.17) is 0 Å². The number of fused-ring (bicyclic) bond motifs is 1. The lowest BCUT2D eigenvalue weighted by molar-refractivity contribution is 0.550. The number of halogens is 1. The molecule has 0 radical (unpaired) electrons. The van der Waals surface area contributed by atoms with E-state index in [0.29, 0.717) is 18.7 Å². The van der Waals surface area contributed by atoms with Crippen LogP contribution in [0.15, 0.2) is 47.6 Å². The molecule has 0 atom stereocenters. The Morgan fingerprint density at radius 3 is 2.81 bits per heavy atom. The van der Waals surface area contributed by atoms with E-state index in [9.17, 15) is 12.8 Å². The second kappa shape index (κ2) is 5.33. The van der Waals surface area contributed by atoms with Gasteiger partial charge in [0, 0.05) is 19.3 Å². The summed E-state index contributed by atoms with van der Waals surface area (Å²) in [5, 5.41) is 2.63. The van der Waals surface area contributed by atoms with Crippen LogP contribution in [-0.4, -0.2) is 26.5 Å². The largest absolute Gasteiger partial charge is 0.383 e. The van der Waals surface area contributed by atoms with Crippen molar-refractivity contribution in [2.45, 2.75) is 11.4 Å². The predicted molar refractivity (Wildman–Crippen MR) is 78.3 cm³/mol. The molecule has 0 aliphatic carbocycles. The number of pyridine rings is 1. The molecule has 3 rings (SSSR count). The highest BCUT2D eigenvalue weighted by molar-refractivity contribution is 7.92. The van der Waals surface area contributed by atoms with Crippen LogP contribution in [0.2, 0.25) is 0 Å². The van der Waals surface area contributed by atoms with Gasteiger partial charge in [-0.15, -0.1) is 0 Å². The zero-order valence-electron chi connectivity index (χ0n) is 11.2. The summed E-state index contributed by atoms with van der Waals surface area (Å²) in [6.45, 7) is 0.941. The van der Waals surface area contributed by atoms with Crippen molar-refractivity contribution < 1.29 is 12.8 Å². The van der Waals surface area contributed by atoms with E-state index in [1.807, 2.05) is 6.07 Å². The summed E-state index contributed by atoms with van der Waals surface area (Å²) >= 11 is 0. The zero-order valence-corrected chi connectivity index (χ0v) is 12.0. The number of nitrogens with zero attached hydrogens (tertiary/aromatic N) is 2. The topological polar surface area (TPSA) is 62.3 Å². The summed E-state index contributed by atoms with van der Waals surface area (Å²) in [5.74, 6) is -0.841. The van der Waals surface area contributed by atoms with Gasteiger partial charge < -0.3 is 5.32 Å². The van der Waals surface area contributed by atoms with Crippen LogP contribution in [0.5, 0.6) is 0 Å². The van der Waals surface area contributed by atoms with Crippen LogP contribution >= 0.6 is 0 Å². The highest BCUT2D eigenvalue weighted by atomic mass is 32.2. The fraction of sp³-hybridized carbons (Fsp3) is 0.214. The smallest absolute Gasteiger partial charge is 0.284 e. The third-order valence-corrected chi connectivity index (χ3v) is 5.03. The number of rotatable bonds is 2. The molecule has 21 heavy (non-hydrogen) atoms. The molecular formula is C14H14FN3O2S. The molecule has 0 amide bonds. The Bertz CT molecular complexity index is 764. The first-order valence-electron chi connectivity index (χ1n) is 6.57. The van der Waals surface area contributed by atoms with Crippen LogP contribution in [0.4, 0.5) is 15.8 Å². The number of anilines is 2. The number of nitrogens with one attached hydrogen (secondary N) is 1. The van der Waals surface area contributed by atoms with E-state index >= 15 is 0 Å². The maximum absolute atomic E-state index is 13.8. The molecule has 1 aromatic carbocycles. The highest BCUT2D eigenvalue weighted by Crippen LogP contribution is 2.32. The maximum atomic E-state index is 13.8. The molecule has 1 N–H and O–H groups in total. The second-order valence-corrected chi connectivity index (χ2v) is 6.44. The number of benzene rings is 1. The van der Waals surface area contributed by atoms with E-state index in [1.165, 1.54) is 16.6 Å². The molecule has 1 aliphatic heterocycles. The van der Waals surface area contributed by atoms with Crippen molar-refractivity contribution in [1.29, 1.82) is 0 Å². The fourth-order valence-corrected chi connectivity index (χ4v) is 3.83. The standard InChI is InChI=1S/C14H14FN3O2S/c15-11-5-3-8-17-14(11)21(19,20)18-10-4-9-16-12-6-1-2-7-13(12)18/h1-3,5-8,16H,4,9-10H2. The number of sulfonamides is 1. The van der Waals surface area contributed by atoms with Crippen LogP contribution in [0.25, 0.3) is 0 Å². The minimum atomic E-state index is -4.02. The molecule has 2 aromatic rings. The number of para-hydroxylation sites is 2. The quantitative estimate of drug-likeness (QED) is 0.924. The molecule has 1 aliphatic rings. The Kier molecular flexibility index (Phi) is 3.50. The maximum Gasteiger partial charge on any atom is 0.284 e. The normalized spacial score (nSPS) is 15.0. The van der Waals surface area contributed by atoms with Crippen molar-refractivity contribution in [1.82, 2.24) is 4.98 Å². The van der Waals surface area contributed by atoms with Crippen LogP contribution in [-0.2, 0) is 10.0 Å². The summed E-state index contributed by atoms with van der Waals surface area (Å²) in [6.07, 6.45) is 1.90. The Hall–Kier alpha value is -2.15. The molecule has 0 bridgehead atoms. The lowest BCUT2D eigenvalue weighted by Crippen LogP contribution is -2.32. The minimum absolute atomic E-state index is 0.280. The van der Waals surface area contributed by atoms with Gasteiger partial charge >= 0.3 is 0 Å². The van der Waals surface area contributed by atoms with Crippen molar-refractivity contribution >= 4 is 21.4 Å². The third kappa shape index (κ3) is 2.44. The van der Waals surface area contributed by atoms with Gasteiger partial charge in [0.25, 0.3) is 10.0 Å². The lowest BCUT2D eigenvalue weighted by atomic mass is 10.2. The zero-order chi connectivity index (χ0) is 14.9. The van der Waals surface area contributed by atoms with Gasteiger partial charge in [-0.25, -0.2) is 9.37 Å². The van der Waals surface area contributed by atoms with E-state index in [1.54, 1.807) is 18.2 Å². The van der Waals surface area contributed by atoms with Crippen LogP contribution in [0, 0.1) is 5.82 Å². The molecule has 0 spiro atoms. The minimum Gasteiger partial charge on any atom is -0.383 e. The van der Waals surface area contributed by atoms with Crippen molar-refractivity contribution in [3.05, 3.63) is 48.4 Å². The summed E-state index contributed by atoms with van der Waals surface area (Å²) in [5.41, 5.74) is 1.23. The average Bonchev–Trinajstić information content (AvgIpc) is 2.70. The Morgan fingerprint density at radius 1 is 1.19 bits per heavy atom. The van der Waals surface area contributed by atoms with Gasteiger partial charge in [0.15, 0.2) is 5.82 Å². The van der Waals surface area contributed by atoms with E-state index in [0.717, 1.165) is 11.8 Å². The predicted octanol–water partition coefficient (Wildman–Crippen LogP) is 2.23. The van der Waals surface area contributed by atoms with Crippen LogP contribution < -0.4 is 9.62 Å². The SMILES string of the molecule is O=S(=O)(c1ncccc1F)N1CCCNc2ccccc21. The summed E-state index contributed by atoms with van der Waals surface area (Å²) < 4.78 is 40.5. The molecule has 0 saturated heterocycles. The van der Waals surface area contributed by atoms with Gasteiger partial charge in [0.05, 0.1) is 11.4 Å².